The van der Waals surface area contributed by atoms with Crippen molar-refractivity contribution >= 4 is 12.1 Å². The number of aldehydes is 1. The molecule has 2 aliphatic heterocycles. The largest absolute Gasteiger partial charge is 0.497 e. The van der Waals surface area contributed by atoms with E-state index in [1.54, 1.807) is 68.0 Å². The summed E-state index contributed by atoms with van der Waals surface area (Å²) in [7, 11) is 21.7. The molecule has 2 spiro atoms. The first-order valence-electron chi connectivity index (χ1n) is 32.6. The fourth-order valence-corrected chi connectivity index (χ4v) is 13.6. The number of carbonyl (C=O) groups is 2. The molecule has 504 valence electrons. The first kappa shape index (κ1) is 74.4. The van der Waals surface area contributed by atoms with Gasteiger partial charge in [0.25, 0.3) is 0 Å². The number of fused-ring (bicyclic) bond motifs is 4. The van der Waals surface area contributed by atoms with Gasteiger partial charge in [0.1, 0.15) is 29.3 Å². The van der Waals surface area contributed by atoms with Crippen molar-refractivity contribution in [2.24, 2.45) is 11.8 Å². The lowest BCUT2D eigenvalue weighted by Gasteiger charge is -2.45. The molecule has 2 N–H and O–H groups in total. The van der Waals surface area contributed by atoms with E-state index < -0.39 is 0 Å². The molecule has 15 nitrogen and oxygen atoms in total. The van der Waals surface area contributed by atoms with Crippen molar-refractivity contribution in [2.75, 3.05) is 111 Å². The van der Waals surface area contributed by atoms with Gasteiger partial charge in [-0.25, -0.2) is 0 Å². The maximum atomic E-state index is 11.9. The number of benzene rings is 6. The maximum absolute atomic E-state index is 11.9. The zero-order chi connectivity index (χ0) is 67.7. The van der Waals surface area contributed by atoms with Gasteiger partial charge in [-0.2, -0.15) is 0 Å². The summed E-state index contributed by atoms with van der Waals surface area (Å²) >= 11 is 0. The van der Waals surface area contributed by atoms with E-state index >= 15 is 0 Å². The molecule has 0 aromatic heterocycles. The van der Waals surface area contributed by atoms with Crippen LogP contribution in [0, 0.1) is 25.7 Å². The van der Waals surface area contributed by atoms with Gasteiger partial charge in [-0.05, 0) is 241 Å². The fraction of sp³-hybridized carbons (Fsp3) is 0.462. The van der Waals surface area contributed by atoms with E-state index in [9.17, 15) is 14.7 Å². The molecular weight excluding hydrogens is 1170 g/mol. The molecule has 93 heavy (non-hydrogen) atoms. The van der Waals surface area contributed by atoms with E-state index in [2.05, 4.69) is 136 Å². The van der Waals surface area contributed by atoms with Crippen molar-refractivity contribution in [3.63, 3.8) is 0 Å². The molecule has 2 heterocycles. The van der Waals surface area contributed by atoms with E-state index in [1.165, 1.54) is 63.6 Å². The first-order valence-corrected chi connectivity index (χ1v) is 32.6. The smallest absolute Gasteiger partial charge is 0.161 e. The number of methoxy groups -OCH3 is 8. The van der Waals surface area contributed by atoms with Crippen LogP contribution in [0.25, 0.3) is 0 Å². The third-order valence-corrected chi connectivity index (χ3v) is 18.8. The van der Waals surface area contributed by atoms with Crippen molar-refractivity contribution in [3.8, 4) is 46.0 Å². The van der Waals surface area contributed by atoms with Crippen molar-refractivity contribution in [2.45, 2.75) is 116 Å². The number of likely N-dealkylation sites (N-methyl/N-ethyl adjacent to an activating group) is 2. The summed E-state index contributed by atoms with van der Waals surface area (Å²) in [5.41, 5.74) is 12.5. The molecule has 1 unspecified atom stereocenters. The average Bonchev–Trinajstić information content (AvgIpc) is 0.756. The van der Waals surface area contributed by atoms with Crippen molar-refractivity contribution < 1.29 is 52.6 Å². The van der Waals surface area contributed by atoms with Crippen LogP contribution in [0.15, 0.2) is 133 Å². The Morgan fingerprint density at radius 3 is 1.51 bits per heavy atom. The standard InChI is InChI=1S/C20H29NO2.C20H27NO2.C19H25NO3.C10H15NO.C9H10O3/c2*1-14-12-17(22)8-10-20(14)9-5-11-21(3)13-16-6-7-18(23-4)15(2)19(16)20;1-20(12-11-15-5-8-17(21-2)9-6-15)14-16-7-10-18(22-3)19(13-16)23-4;1-11-8-7-9-3-5-10(12-2)6-4-9;1-11-8-4-3-7(6-10)5-9(8)12-2/h6-8,10,14,17,22H,5,9,11-13H2,1-4H3;6-8,10,14H,5,9,11-13H2,1-4H3;5-10,13H,11-12,14H2,1-4H3;3-6,11H,7-8H2,1-2H3;3-6H,1-2H3/t14-,17?,20+;14-,20+;;;/m00.../s1. The molecule has 0 amide bonds. The summed E-state index contributed by atoms with van der Waals surface area (Å²) in [5.74, 6) is 7.47. The zero-order valence-electron chi connectivity index (χ0n) is 58.5. The highest BCUT2D eigenvalue weighted by Crippen LogP contribution is 2.50. The highest BCUT2D eigenvalue weighted by Gasteiger charge is 2.44. The number of hydrogen-bond acceptors (Lipinski definition) is 15. The van der Waals surface area contributed by atoms with Gasteiger partial charge in [0, 0.05) is 49.0 Å². The van der Waals surface area contributed by atoms with Crippen LogP contribution in [0.2, 0.25) is 0 Å². The number of aliphatic hydroxyl groups is 1. The number of aliphatic hydroxyl groups excluding tert-OH is 1. The lowest BCUT2D eigenvalue weighted by Crippen LogP contribution is -2.41. The second-order valence-electron chi connectivity index (χ2n) is 25.0. The van der Waals surface area contributed by atoms with Gasteiger partial charge >= 0.3 is 0 Å². The number of nitrogens with zero attached hydrogens (tertiary/aromatic N) is 3. The molecule has 2 aliphatic carbocycles. The molecule has 0 fully saturated rings. The molecule has 0 radical (unpaired) electrons. The SMILES string of the molecule is CNCCc1ccc(OC)cc1.COc1ccc(C=O)cc1OC.COc1ccc(CCN(C)Cc2ccc(OC)c(OC)c2)cc1.COc1ccc2c(c1C)[C@@]1(C=CC(=O)C[C@@H]1C)CCCN(C)C2.COc1ccc2c(c1C)[C@@]1(C=CC(O)C[C@@H]1C)CCCN(C)C2. The number of rotatable bonds is 17. The number of allylic oxidation sites excluding steroid dienone is 3. The monoisotopic (exact) mass is 1270 g/mol. The minimum absolute atomic E-state index is 0.0223. The summed E-state index contributed by atoms with van der Waals surface area (Å²) in [5, 5.41) is 13.2. The first-order chi connectivity index (χ1) is 44.8. The molecule has 0 saturated heterocycles. The van der Waals surface area contributed by atoms with Crippen LogP contribution in [0.4, 0.5) is 0 Å². The number of carbonyl (C=O) groups excluding carboxylic acids is 2. The second-order valence-corrected chi connectivity index (χ2v) is 25.0. The third-order valence-electron chi connectivity index (χ3n) is 18.8. The Bertz CT molecular complexity index is 3370. The topological polar surface area (TPSA) is 150 Å². The third kappa shape index (κ3) is 19.9. The second kappa shape index (κ2) is 36.7. The maximum Gasteiger partial charge on any atom is 0.161 e. The van der Waals surface area contributed by atoms with Gasteiger partial charge in [0.05, 0.1) is 63.0 Å². The molecule has 6 aromatic rings. The summed E-state index contributed by atoms with van der Waals surface area (Å²) in [6.07, 6.45) is 16.9. The molecule has 0 saturated carbocycles. The van der Waals surface area contributed by atoms with Crippen LogP contribution in [0.5, 0.6) is 46.0 Å². The summed E-state index contributed by atoms with van der Waals surface area (Å²) in [6.45, 7) is 15.9. The van der Waals surface area contributed by atoms with Crippen molar-refractivity contribution in [1.29, 1.82) is 0 Å². The van der Waals surface area contributed by atoms with Crippen LogP contribution in [-0.2, 0) is 48.1 Å². The summed E-state index contributed by atoms with van der Waals surface area (Å²) in [4.78, 5) is 29.4. The van der Waals surface area contributed by atoms with Gasteiger partial charge in [-0.15, -0.1) is 0 Å². The van der Waals surface area contributed by atoms with Crippen LogP contribution < -0.4 is 43.2 Å². The molecule has 10 rings (SSSR count). The van der Waals surface area contributed by atoms with E-state index in [1.807, 2.05) is 55.6 Å². The van der Waals surface area contributed by atoms with E-state index in [0.29, 0.717) is 35.3 Å². The molecular formula is C78H106N4O11. The number of ether oxygens (including phenoxy) is 8. The highest BCUT2D eigenvalue weighted by atomic mass is 16.5. The van der Waals surface area contributed by atoms with Crippen LogP contribution in [0.1, 0.15) is 113 Å². The molecule has 4 aliphatic rings. The van der Waals surface area contributed by atoms with Crippen LogP contribution >= 0.6 is 0 Å². The van der Waals surface area contributed by atoms with Gasteiger partial charge in [-0.3, -0.25) is 9.59 Å². The molecule has 15 heteroatoms. The molecule has 0 bridgehead atoms. The normalized spacial score (nSPS) is 19.9. The van der Waals surface area contributed by atoms with Gasteiger partial charge in [0.2, 0.25) is 0 Å². The Labute approximate surface area is 556 Å². The Balaban J connectivity index is 0.000000189. The van der Waals surface area contributed by atoms with Crippen molar-refractivity contribution in [3.05, 3.63) is 189 Å². The van der Waals surface area contributed by atoms with E-state index in [4.69, 9.17) is 37.9 Å². The van der Waals surface area contributed by atoms with Crippen LogP contribution in [-0.4, -0.2) is 149 Å². The Hall–Kier alpha value is -7.66. The Kier molecular flexibility index (Phi) is 29.4. The number of ketones is 1. The van der Waals surface area contributed by atoms with Gasteiger partial charge < -0.3 is 63.0 Å². The summed E-state index contributed by atoms with van der Waals surface area (Å²) in [6, 6.07) is 36.1. The molecule has 5 atom stereocenters. The number of nitrogens with one attached hydrogen (secondary N) is 1. The lowest BCUT2D eigenvalue weighted by molar-refractivity contribution is -0.116. The zero-order valence-corrected chi connectivity index (χ0v) is 58.5. The fourth-order valence-electron chi connectivity index (χ4n) is 13.6. The lowest BCUT2D eigenvalue weighted by atomic mass is 9.61. The predicted octanol–water partition coefficient (Wildman–Crippen LogP) is 13.4. The summed E-state index contributed by atoms with van der Waals surface area (Å²) < 4.78 is 42.1. The Morgan fingerprint density at radius 1 is 0.581 bits per heavy atom. The Morgan fingerprint density at radius 2 is 1.04 bits per heavy atom. The number of hydrogen-bond donors (Lipinski definition) is 2. The highest BCUT2D eigenvalue weighted by molar-refractivity contribution is 5.91. The van der Waals surface area contributed by atoms with Crippen molar-refractivity contribution in [1.82, 2.24) is 20.0 Å². The van der Waals surface area contributed by atoms with Crippen LogP contribution in [0.3, 0.4) is 0 Å². The van der Waals surface area contributed by atoms with Gasteiger partial charge in [-0.1, -0.05) is 74.5 Å². The quantitative estimate of drug-likeness (QED) is 0.0658. The minimum atomic E-state index is -0.307. The van der Waals surface area contributed by atoms with Gasteiger partial charge in [0.15, 0.2) is 28.8 Å². The minimum Gasteiger partial charge on any atom is -0.497 e. The average molecular weight is 1280 g/mol. The molecule has 6 aromatic carbocycles. The van der Waals surface area contributed by atoms with E-state index in [0.717, 1.165) is 125 Å². The predicted molar refractivity (Wildman–Crippen MR) is 375 cm³/mol. The van der Waals surface area contributed by atoms with E-state index in [-0.39, 0.29) is 22.7 Å².